The molecule has 21 heavy (non-hydrogen) atoms. The summed E-state index contributed by atoms with van der Waals surface area (Å²) in [5, 5.41) is 4.37. The molecule has 0 saturated carbocycles. The summed E-state index contributed by atoms with van der Waals surface area (Å²) in [4.78, 5) is 9.24. The van der Waals surface area contributed by atoms with Crippen LogP contribution >= 0.6 is 23.2 Å². The predicted octanol–water partition coefficient (Wildman–Crippen LogP) is 3.95. The van der Waals surface area contributed by atoms with Crippen LogP contribution in [0, 0.1) is 0 Å². The van der Waals surface area contributed by atoms with Gasteiger partial charge in [0.15, 0.2) is 5.82 Å². The number of nitrogens with zero attached hydrogens (tertiary/aromatic N) is 2. The third kappa shape index (κ3) is 2.84. The second-order valence-electron chi connectivity index (χ2n) is 4.75. The summed E-state index contributed by atoms with van der Waals surface area (Å²) in [6.07, 6.45) is 0.769. The van der Waals surface area contributed by atoms with E-state index >= 15 is 0 Å². The molecule has 0 atom stereocenters. The van der Waals surface area contributed by atoms with Crippen LogP contribution in [0.25, 0.3) is 11.4 Å². The number of fused-ring (bicyclic) bond motifs is 1. The lowest BCUT2D eigenvalue weighted by Gasteiger charge is -2.20. The van der Waals surface area contributed by atoms with Crippen molar-refractivity contribution in [1.29, 1.82) is 0 Å². The fraction of sp³-hybridized carbons (Fsp3) is 0.333. The summed E-state index contributed by atoms with van der Waals surface area (Å²) in [7, 11) is 0. The van der Waals surface area contributed by atoms with E-state index in [9.17, 15) is 0 Å². The Hall–Kier alpha value is -1.36. The van der Waals surface area contributed by atoms with Gasteiger partial charge < -0.3 is 10.1 Å². The Kier molecular flexibility index (Phi) is 4.29. The molecule has 2 aromatic rings. The van der Waals surface area contributed by atoms with E-state index in [2.05, 4.69) is 15.3 Å². The van der Waals surface area contributed by atoms with Gasteiger partial charge >= 0.3 is 0 Å². The molecule has 0 radical (unpaired) electrons. The number of aromatic nitrogens is 2. The van der Waals surface area contributed by atoms with Gasteiger partial charge in [0.05, 0.1) is 34.5 Å². The van der Waals surface area contributed by atoms with E-state index in [4.69, 9.17) is 27.9 Å². The molecule has 1 aliphatic heterocycles. The minimum atomic E-state index is 0.536. The Bertz CT molecular complexity index is 656. The monoisotopic (exact) mass is 323 g/mol. The molecule has 2 heterocycles. The van der Waals surface area contributed by atoms with Gasteiger partial charge in [0.25, 0.3) is 0 Å². The van der Waals surface area contributed by atoms with Crippen LogP contribution in [-0.2, 0) is 17.8 Å². The normalized spacial score (nSPS) is 13.9. The SMILES string of the molecule is CCNc1nc(-c2c(Cl)cccc2Cl)nc2c1COCC2. The van der Waals surface area contributed by atoms with E-state index in [1.165, 1.54) is 0 Å². The highest BCUT2D eigenvalue weighted by Crippen LogP contribution is 2.34. The molecule has 0 bridgehead atoms. The highest BCUT2D eigenvalue weighted by molar-refractivity contribution is 6.38. The fourth-order valence-electron chi connectivity index (χ4n) is 2.37. The Morgan fingerprint density at radius 2 is 2.00 bits per heavy atom. The lowest BCUT2D eigenvalue weighted by Crippen LogP contribution is -2.17. The standard InChI is InChI=1S/C15H15Cl2N3O/c1-2-18-14-9-8-21-7-6-12(9)19-15(20-14)13-10(16)4-3-5-11(13)17/h3-5H,2,6-8H2,1H3,(H,18,19,20). The maximum atomic E-state index is 6.27. The Labute approximate surface area is 133 Å². The van der Waals surface area contributed by atoms with Crippen LogP contribution < -0.4 is 5.32 Å². The van der Waals surface area contributed by atoms with Crippen molar-refractivity contribution in [2.24, 2.45) is 0 Å². The zero-order chi connectivity index (χ0) is 14.8. The lowest BCUT2D eigenvalue weighted by atomic mass is 10.1. The van der Waals surface area contributed by atoms with Gasteiger partial charge in [0.1, 0.15) is 5.82 Å². The number of benzene rings is 1. The average Bonchev–Trinajstić information content (AvgIpc) is 2.47. The van der Waals surface area contributed by atoms with Crippen molar-refractivity contribution in [1.82, 2.24) is 9.97 Å². The smallest absolute Gasteiger partial charge is 0.164 e. The van der Waals surface area contributed by atoms with Crippen molar-refractivity contribution in [3.05, 3.63) is 39.5 Å². The van der Waals surface area contributed by atoms with Crippen molar-refractivity contribution in [3.63, 3.8) is 0 Å². The molecule has 1 N–H and O–H groups in total. The van der Waals surface area contributed by atoms with Crippen LogP contribution in [0.3, 0.4) is 0 Å². The molecular formula is C15H15Cl2N3O. The summed E-state index contributed by atoms with van der Waals surface area (Å²) in [5.74, 6) is 1.36. The van der Waals surface area contributed by atoms with Crippen LogP contribution in [0.4, 0.5) is 5.82 Å². The van der Waals surface area contributed by atoms with Crippen molar-refractivity contribution in [2.75, 3.05) is 18.5 Å². The number of rotatable bonds is 3. The van der Waals surface area contributed by atoms with Gasteiger partial charge in [-0.05, 0) is 19.1 Å². The maximum absolute atomic E-state index is 6.27. The number of hydrogen-bond donors (Lipinski definition) is 1. The van der Waals surface area contributed by atoms with E-state index in [0.29, 0.717) is 34.6 Å². The largest absolute Gasteiger partial charge is 0.376 e. The summed E-state index contributed by atoms with van der Waals surface area (Å²) in [6, 6.07) is 5.40. The van der Waals surface area contributed by atoms with Crippen LogP contribution in [0.5, 0.6) is 0 Å². The van der Waals surface area contributed by atoms with Gasteiger partial charge in [-0.3, -0.25) is 0 Å². The van der Waals surface area contributed by atoms with Gasteiger partial charge in [-0.1, -0.05) is 29.3 Å². The van der Waals surface area contributed by atoms with Crippen LogP contribution in [0.1, 0.15) is 18.2 Å². The average molecular weight is 324 g/mol. The second-order valence-corrected chi connectivity index (χ2v) is 5.57. The van der Waals surface area contributed by atoms with E-state index < -0.39 is 0 Å². The number of nitrogens with one attached hydrogen (secondary N) is 1. The molecule has 3 rings (SSSR count). The van der Waals surface area contributed by atoms with Gasteiger partial charge in [0.2, 0.25) is 0 Å². The lowest BCUT2D eigenvalue weighted by molar-refractivity contribution is 0.109. The van der Waals surface area contributed by atoms with Gasteiger partial charge in [-0.15, -0.1) is 0 Å². The Balaban J connectivity index is 2.17. The molecule has 0 unspecified atom stereocenters. The maximum Gasteiger partial charge on any atom is 0.164 e. The first-order chi connectivity index (χ1) is 10.2. The minimum Gasteiger partial charge on any atom is -0.376 e. The van der Waals surface area contributed by atoms with E-state index in [-0.39, 0.29) is 0 Å². The summed E-state index contributed by atoms with van der Waals surface area (Å²) in [6.45, 7) is 4.01. The third-order valence-electron chi connectivity index (χ3n) is 3.35. The summed E-state index contributed by atoms with van der Waals surface area (Å²) in [5.41, 5.74) is 2.70. The molecule has 1 aliphatic rings. The first-order valence-corrected chi connectivity index (χ1v) is 7.62. The molecule has 0 fully saturated rings. The first-order valence-electron chi connectivity index (χ1n) is 6.86. The zero-order valence-electron chi connectivity index (χ0n) is 11.6. The second kappa shape index (κ2) is 6.18. The van der Waals surface area contributed by atoms with E-state index in [1.807, 2.05) is 13.0 Å². The number of hydrogen-bond acceptors (Lipinski definition) is 4. The summed E-state index contributed by atoms with van der Waals surface area (Å²) < 4.78 is 5.50. The van der Waals surface area contributed by atoms with Crippen LogP contribution in [-0.4, -0.2) is 23.1 Å². The van der Waals surface area contributed by atoms with Gasteiger partial charge in [-0.25, -0.2) is 9.97 Å². The molecule has 110 valence electrons. The topological polar surface area (TPSA) is 47.0 Å². The third-order valence-corrected chi connectivity index (χ3v) is 3.98. The molecule has 0 spiro atoms. The minimum absolute atomic E-state index is 0.536. The van der Waals surface area contributed by atoms with Crippen LogP contribution in [0.15, 0.2) is 18.2 Å². The highest BCUT2D eigenvalue weighted by atomic mass is 35.5. The molecule has 0 amide bonds. The molecule has 4 nitrogen and oxygen atoms in total. The summed E-state index contributed by atoms with van der Waals surface area (Å²) >= 11 is 12.5. The van der Waals surface area contributed by atoms with Crippen LogP contribution in [0.2, 0.25) is 10.0 Å². The highest BCUT2D eigenvalue weighted by Gasteiger charge is 2.20. The quantitative estimate of drug-likeness (QED) is 0.928. The molecule has 6 heteroatoms. The van der Waals surface area contributed by atoms with Crippen molar-refractivity contribution in [2.45, 2.75) is 20.0 Å². The van der Waals surface area contributed by atoms with Crippen molar-refractivity contribution < 1.29 is 4.74 Å². The number of anilines is 1. The molecular weight excluding hydrogens is 309 g/mol. The number of halogens is 2. The van der Waals surface area contributed by atoms with Gasteiger partial charge in [0, 0.05) is 18.5 Å². The zero-order valence-corrected chi connectivity index (χ0v) is 13.1. The fourth-order valence-corrected chi connectivity index (χ4v) is 2.94. The molecule has 1 aromatic heterocycles. The van der Waals surface area contributed by atoms with Gasteiger partial charge in [-0.2, -0.15) is 0 Å². The van der Waals surface area contributed by atoms with Crippen molar-refractivity contribution >= 4 is 29.0 Å². The Morgan fingerprint density at radius 3 is 2.71 bits per heavy atom. The Morgan fingerprint density at radius 1 is 1.24 bits per heavy atom. The molecule has 0 aliphatic carbocycles. The van der Waals surface area contributed by atoms with E-state index in [0.717, 1.165) is 30.0 Å². The van der Waals surface area contributed by atoms with Crippen molar-refractivity contribution in [3.8, 4) is 11.4 Å². The predicted molar refractivity (Wildman–Crippen MR) is 85.0 cm³/mol. The molecule has 0 saturated heterocycles. The molecule has 1 aromatic carbocycles. The first kappa shape index (κ1) is 14.6. The van der Waals surface area contributed by atoms with E-state index in [1.54, 1.807) is 12.1 Å². The number of ether oxygens (including phenoxy) is 1.